The van der Waals surface area contributed by atoms with Crippen molar-refractivity contribution in [3.8, 4) is 0 Å². The number of rotatable bonds is 7. The Hall–Kier alpha value is -0.180. The Labute approximate surface area is 109 Å². The van der Waals surface area contributed by atoms with Gasteiger partial charge in [0.2, 0.25) is 20.0 Å². The smallest absolute Gasteiger partial charge is 0.212 e. The molecule has 2 aliphatic rings. The second-order valence-electron chi connectivity index (χ2n) is 5.18. The average Bonchev–Trinajstić information content (AvgIpc) is 3.12. The second-order valence-corrected chi connectivity index (χ2v) is 9.26. The molecule has 0 aromatic carbocycles. The van der Waals surface area contributed by atoms with E-state index in [2.05, 4.69) is 0 Å². The molecule has 0 aromatic heterocycles. The van der Waals surface area contributed by atoms with Crippen LogP contribution in [0.15, 0.2) is 0 Å². The van der Waals surface area contributed by atoms with E-state index in [-0.39, 0.29) is 23.6 Å². The molecule has 0 saturated carbocycles. The molecule has 0 radical (unpaired) electrons. The highest BCUT2D eigenvalue weighted by molar-refractivity contribution is 7.89. The maximum atomic E-state index is 11.7. The van der Waals surface area contributed by atoms with Gasteiger partial charge in [0.05, 0.1) is 11.5 Å². The lowest BCUT2D eigenvalue weighted by atomic mass is 10.4. The van der Waals surface area contributed by atoms with E-state index in [1.54, 1.807) is 0 Å². The van der Waals surface area contributed by atoms with Crippen LogP contribution in [-0.2, 0) is 20.0 Å². The quantitative estimate of drug-likeness (QED) is 0.483. The van der Waals surface area contributed by atoms with Crippen molar-refractivity contribution >= 4 is 20.0 Å². The fourth-order valence-electron chi connectivity index (χ4n) is 2.01. The molecule has 0 amide bonds. The van der Waals surface area contributed by atoms with Crippen molar-refractivity contribution < 1.29 is 16.8 Å². The summed E-state index contributed by atoms with van der Waals surface area (Å²) < 4.78 is 49.7. The van der Waals surface area contributed by atoms with Crippen LogP contribution in [0.5, 0.6) is 0 Å². The molecule has 106 valence electrons. The molecule has 0 aliphatic carbocycles. The lowest BCUT2D eigenvalue weighted by Gasteiger charge is -2.06. The van der Waals surface area contributed by atoms with E-state index in [0.717, 1.165) is 0 Å². The molecule has 2 fully saturated rings. The van der Waals surface area contributed by atoms with E-state index in [4.69, 9.17) is 0 Å². The Morgan fingerprint density at radius 3 is 1.33 bits per heavy atom. The molecule has 2 heterocycles. The largest absolute Gasteiger partial charge is 0.214 e. The summed E-state index contributed by atoms with van der Waals surface area (Å²) in [6, 6.07) is 0.245. The fraction of sp³-hybridized carbons (Fsp3) is 1.00. The number of nitrogens with zero attached hydrogens (tertiary/aromatic N) is 2. The van der Waals surface area contributed by atoms with Crippen molar-refractivity contribution in [2.75, 3.05) is 24.6 Å². The number of hydrogen-bond donors (Lipinski definition) is 0. The highest BCUT2D eigenvalue weighted by atomic mass is 32.2. The van der Waals surface area contributed by atoms with Crippen LogP contribution in [0.25, 0.3) is 0 Å². The van der Waals surface area contributed by atoms with Gasteiger partial charge in [0.1, 0.15) is 0 Å². The minimum atomic E-state index is -3.14. The molecule has 6 nitrogen and oxygen atoms in total. The Kier molecular flexibility index (Phi) is 3.74. The van der Waals surface area contributed by atoms with Gasteiger partial charge in [-0.3, -0.25) is 0 Å². The zero-order valence-electron chi connectivity index (χ0n) is 10.7. The first-order valence-electron chi connectivity index (χ1n) is 6.23. The van der Waals surface area contributed by atoms with Crippen molar-refractivity contribution in [3.63, 3.8) is 0 Å². The van der Waals surface area contributed by atoms with Crippen molar-refractivity contribution in [3.05, 3.63) is 0 Å². The van der Waals surface area contributed by atoms with Gasteiger partial charge in [0.25, 0.3) is 0 Å². The van der Waals surface area contributed by atoms with Crippen LogP contribution in [0.1, 0.15) is 26.7 Å². The molecule has 2 rings (SSSR count). The average molecular weight is 296 g/mol. The first kappa shape index (κ1) is 14.2. The van der Waals surface area contributed by atoms with E-state index in [9.17, 15) is 16.8 Å². The first-order chi connectivity index (χ1) is 8.24. The third-order valence-electron chi connectivity index (χ3n) is 3.37. The SMILES string of the molecule is CC1CN1S(=O)(=O)CCCCS(=O)(=O)N1CC1C. The van der Waals surface area contributed by atoms with Crippen LogP contribution in [0.3, 0.4) is 0 Å². The molecular formula is C10H20N2O4S2. The van der Waals surface area contributed by atoms with Crippen molar-refractivity contribution in [1.29, 1.82) is 0 Å². The summed E-state index contributed by atoms with van der Waals surface area (Å²) in [5, 5.41) is 0. The van der Waals surface area contributed by atoms with E-state index in [1.807, 2.05) is 13.8 Å². The Balaban J connectivity index is 1.70. The van der Waals surface area contributed by atoms with Gasteiger partial charge in [-0.15, -0.1) is 0 Å². The second kappa shape index (κ2) is 4.73. The van der Waals surface area contributed by atoms with Crippen molar-refractivity contribution in [1.82, 2.24) is 8.61 Å². The zero-order valence-corrected chi connectivity index (χ0v) is 12.4. The van der Waals surface area contributed by atoms with E-state index >= 15 is 0 Å². The van der Waals surface area contributed by atoms with Crippen LogP contribution in [0.4, 0.5) is 0 Å². The van der Waals surface area contributed by atoms with Crippen molar-refractivity contribution in [2.24, 2.45) is 0 Å². The van der Waals surface area contributed by atoms with Crippen LogP contribution in [0.2, 0.25) is 0 Å². The van der Waals surface area contributed by atoms with E-state index < -0.39 is 20.0 Å². The predicted molar refractivity (Wildman–Crippen MR) is 69.1 cm³/mol. The highest BCUT2D eigenvalue weighted by Gasteiger charge is 2.41. The van der Waals surface area contributed by atoms with Crippen LogP contribution in [0, 0.1) is 0 Å². The molecule has 0 bridgehead atoms. The number of unbranched alkanes of at least 4 members (excludes halogenated alkanes) is 1. The van der Waals surface area contributed by atoms with Gasteiger partial charge < -0.3 is 0 Å². The summed E-state index contributed by atoms with van der Waals surface area (Å²) in [4.78, 5) is 0. The first-order valence-corrected chi connectivity index (χ1v) is 9.45. The maximum absolute atomic E-state index is 11.7. The van der Waals surface area contributed by atoms with Crippen LogP contribution in [-0.4, -0.2) is 62.1 Å². The summed E-state index contributed by atoms with van der Waals surface area (Å²) in [6.45, 7) is 4.94. The molecule has 2 aliphatic heterocycles. The Morgan fingerprint density at radius 1 is 0.833 bits per heavy atom. The van der Waals surface area contributed by atoms with Gasteiger partial charge in [-0.25, -0.2) is 16.8 Å². The molecular weight excluding hydrogens is 276 g/mol. The molecule has 0 aromatic rings. The molecule has 2 saturated heterocycles. The van der Waals surface area contributed by atoms with Gasteiger partial charge in [0.15, 0.2) is 0 Å². The maximum Gasteiger partial charge on any atom is 0.214 e. The third-order valence-corrected chi connectivity index (χ3v) is 7.43. The molecule has 0 N–H and O–H groups in total. The lowest BCUT2D eigenvalue weighted by molar-refractivity contribution is 0.544. The zero-order chi connectivity index (χ0) is 13.6. The minimum Gasteiger partial charge on any atom is -0.212 e. The summed E-state index contributed by atoms with van der Waals surface area (Å²) in [6.07, 6.45) is 0.819. The summed E-state index contributed by atoms with van der Waals surface area (Å²) in [5.74, 6) is 0.116. The van der Waals surface area contributed by atoms with Crippen LogP contribution >= 0.6 is 0 Å². The summed E-state index contributed by atoms with van der Waals surface area (Å²) in [7, 11) is -6.29. The molecule has 0 spiro atoms. The van der Waals surface area contributed by atoms with Gasteiger partial charge in [-0.1, -0.05) is 0 Å². The Bertz CT molecular complexity index is 466. The van der Waals surface area contributed by atoms with Gasteiger partial charge in [0, 0.05) is 25.2 Å². The monoisotopic (exact) mass is 296 g/mol. The standard InChI is InChI=1S/C10H20N2O4S2/c1-9-7-11(9)17(13,14)5-3-4-6-18(15,16)12-8-10(12)2/h9-10H,3-8H2,1-2H3. The Morgan fingerprint density at radius 2 is 1.11 bits per heavy atom. The summed E-state index contributed by atoms with van der Waals surface area (Å²) in [5.41, 5.74) is 0. The fourth-order valence-corrected chi connectivity index (χ4v) is 5.59. The predicted octanol–water partition coefficient (Wildman–Crippen LogP) is -0.166. The highest BCUT2D eigenvalue weighted by Crippen LogP contribution is 2.24. The van der Waals surface area contributed by atoms with E-state index in [0.29, 0.717) is 25.9 Å². The topological polar surface area (TPSA) is 74.3 Å². The van der Waals surface area contributed by atoms with Gasteiger partial charge >= 0.3 is 0 Å². The normalized spacial score (nSPS) is 35.4. The van der Waals surface area contributed by atoms with Gasteiger partial charge in [-0.2, -0.15) is 8.61 Å². The molecule has 4 atom stereocenters. The third kappa shape index (κ3) is 3.23. The molecule has 8 heteroatoms. The summed E-state index contributed by atoms with van der Waals surface area (Å²) >= 11 is 0. The van der Waals surface area contributed by atoms with Gasteiger partial charge in [-0.05, 0) is 26.7 Å². The van der Waals surface area contributed by atoms with Crippen LogP contribution < -0.4 is 0 Å². The minimum absolute atomic E-state index is 0.0579. The molecule has 18 heavy (non-hydrogen) atoms. The number of hydrogen-bond acceptors (Lipinski definition) is 4. The number of sulfonamides is 2. The van der Waals surface area contributed by atoms with Crippen molar-refractivity contribution in [2.45, 2.75) is 38.8 Å². The van der Waals surface area contributed by atoms with E-state index in [1.165, 1.54) is 8.61 Å². The lowest BCUT2D eigenvalue weighted by Crippen LogP contribution is -2.20. The molecule has 4 unspecified atom stereocenters.